The van der Waals surface area contributed by atoms with E-state index < -0.39 is 17.8 Å². The molecular formula is C24H27F3N4O2. The van der Waals surface area contributed by atoms with Crippen LogP contribution in [-0.4, -0.2) is 43.0 Å². The first kappa shape index (κ1) is 22.9. The van der Waals surface area contributed by atoms with E-state index in [0.29, 0.717) is 11.3 Å². The van der Waals surface area contributed by atoms with Crippen LogP contribution in [0.15, 0.2) is 42.5 Å². The van der Waals surface area contributed by atoms with E-state index in [1.807, 2.05) is 11.0 Å². The topological polar surface area (TPSA) is 64.7 Å². The summed E-state index contributed by atoms with van der Waals surface area (Å²) in [6.45, 7) is 3.23. The molecular weight excluding hydrogens is 433 g/mol. The quantitative estimate of drug-likeness (QED) is 0.627. The van der Waals surface area contributed by atoms with E-state index in [-0.39, 0.29) is 11.6 Å². The molecule has 0 bridgehead atoms. The molecule has 33 heavy (non-hydrogen) atoms. The highest BCUT2D eigenvalue weighted by atomic mass is 19.4. The number of nitrogens with one attached hydrogen (secondary N) is 2. The molecule has 2 aromatic rings. The summed E-state index contributed by atoms with van der Waals surface area (Å²) < 4.78 is 38.2. The minimum Gasteiger partial charge on any atom is -0.371 e. The van der Waals surface area contributed by atoms with Crippen molar-refractivity contribution in [2.75, 3.05) is 41.7 Å². The minimum absolute atomic E-state index is 0.0385. The molecule has 2 aromatic carbocycles. The summed E-state index contributed by atoms with van der Waals surface area (Å²) in [6, 6.07) is 8.92. The van der Waals surface area contributed by atoms with Crippen molar-refractivity contribution < 1.29 is 22.8 Å². The number of piperidine rings is 1. The Labute approximate surface area is 190 Å². The molecule has 0 unspecified atom stereocenters. The van der Waals surface area contributed by atoms with Crippen LogP contribution in [0.2, 0.25) is 0 Å². The van der Waals surface area contributed by atoms with Crippen molar-refractivity contribution in [1.29, 1.82) is 0 Å². The highest BCUT2D eigenvalue weighted by molar-refractivity contribution is 6.04. The van der Waals surface area contributed by atoms with Crippen LogP contribution in [0.3, 0.4) is 0 Å². The predicted octanol–water partition coefficient (Wildman–Crippen LogP) is 5.58. The van der Waals surface area contributed by atoms with Gasteiger partial charge in [-0.3, -0.25) is 4.79 Å². The van der Waals surface area contributed by atoms with Gasteiger partial charge in [-0.15, -0.1) is 0 Å². The van der Waals surface area contributed by atoms with Crippen molar-refractivity contribution in [2.24, 2.45) is 0 Å². The smallest absolute Gasteiger partial charge is 0.371 e. The molecule has 0 radical (unpaired) electrons. The van der Waals surface area contributed by atoms with Crippen LogP contribution in [0.4, 0.5) is 35.0 Å². The van der Waals surface area contributed by atoms with Crippen LogP contribution < -0.4 is 15.5 Å². The number of alkyl halides is 3. The van der Waals surface area contributed by atoms with Crippen molar-refractivity contribution >= 4 is 29.0 Å². The third-order valence-corrected chi connectivity index (χ3v) is 6.04. The average Bonchev–Trinajstić information content (AvgIpc) is 3.33. The van der Waals surface area contributed by atoms with Gasteiger partial charge in [-0.05, 0) is 74.6 Å². The summed E-state index contributed by atoms with van der Waals surface area (Å²) in [5, 5.41) is 5.22. The molecule has 2 aliphatic rings. The SMILES string of the molecule is O=C(Nc1ccc(C(F)(F)F)cc1)Nc1ccc(N2CCCC2)c(C(=O)N2CCCCC2)c1. The lowest BCUT2D eigenvalue weighted by atomic mass is 10.1. The van der Waals surface area contributed by atoms with Gasteiger partial charge in [0.25, 0.3) is 5.91 Å². The van der Waals surface area contributed by atoms with Gasteiger partial charge < -0.3 is 20.4 Å². The minimum atomic E-state index is -4.44. The third kappa shape index (κ3) is 5.58. The van der Waals surface area contributed by atoms with E-state index in [4.69, 9.17) is 0 Å². The summed E-state index contributed by atoms with van der Waals surface area (Å²) >= 11 is 0. The third-order valence-electron chi connectivity index (χ3n) is 6.04. The highest BCUT2D eigenvalue weighted by Gasteiger charge is 2.30. The number of halogens is 3. The van der Waals surface area contributed by atoms with Gasteiger partial charge in [0.15, 0.2) is 0 Å². The van der Waals surface area contributed by atoms with Gasteiger partial charge in [0, 0.05) is 43.2 Å². The average molecular weight is 461 g/mol. The maximum absolute atomic E-state index is 13.3. The van der Waals surface area contributed by atoms with E-state index in [0.717, 1.165) is 76.1 Å². The van der Waals surface area contributed by atoms with Gasteiger partial charge in [-0.1, -0.05) is 0 Å². The van der Waals surface area contributed by atoms with Gasteiger partial charge in [0.05, 0.1) is 11.1 Å². The largest absolute Gasteiger partial charge is 0.416 e. The van der Waals surface area contributed by atoms with E-state index in [9.17, 15) is 22.8 Å². The molecule has 0 spiro atoms. The number of carbonyl (C=O) groups excluding carboxylic acids is 2. The number of benzene rings is 2. The van der Waals surface area contributed by atoms with Gasteiger partial charge >= 0.3 is 12.2 Å². The zero-order valence-corrected chi connectivity index (χ0v) is 18.3. The fourth-order valence-corrected chi connectivity index (χ4v) is 4.32. The second-order valence-electron chi connectivity index (χ2n) is 8.43. The molecule has 2 saturated heterocycles. The summed E-state index contributed by atoms with van der Waals surface area (Å²) in [4.78, 5) is 29.8. The van der Waals surface area contributed by atoms with E-state index >= 15 is 0 Å². The van der Waals surface area contributed by atoms with Crippen molar-refractivity contribution in [1.82, 2.24) is 4.90 Å². The summed E-state index contributed by atoms with van der Waals surface area (Å²) in [5.41, 5.74) is 1.33. The van der Waals surface area contributed by atoms with Crippen LogP contribution in [0, 0.1) is 0 Å². The Hall–Kier alpha value is -3.23. The number of nitrogens with zero attached hydrogens (tertiary/aromatic N) is 2. The molecule has 3 amide bonds. The zero-order chi connectivity index (χ0) is 23.4. The maximum Gasteiger partial charge on any atom is 0.416 e. The van der Waals surface area contributed by atoms with Crippen LogP contribution in [0.25, 0.3) is 0 Å². The van der Waals surface area contributed by atoms with Crippen molar-refractivity contribution in [3.05, 3.63) is 53.6 Å². The molecule has 2 aliphatic heterocycles. The van der Waals surface area contributed by atoms with Crippen LogP contribution in [-0.2, 0) is 6.18 Å². The monoisotopic (exact) mass is 460 g/mol. The summed E-state index contributed by atoms with van der Waals surface area (Å²) in [5.74, 6) is -0.0385. The van der Waals surface area contributed by atoms with Gasteiger partial charge in [0.2, 0.25) is 0 Å². The first-order chi connectivity index (χ1) is 15.8. The van der Waals surface area contributed by atoms with Crippen molar-refractivity contribution in [2.45, 2.75) is 38.3 Å². The Morgan fingerprint density at radius 1 is 0.758 bits per heavy atom. The summed E-state index contributed by atoms with van der Waals surface area (Å²) in [7, 11) is 0. The summed E-state index contributed by atoms with van der Waals surface area (Å²) in [6.07, 6.45) is 0.805. The molecule has 6 nitrogen and oxygen atoms in total. The second kappa shape index (κ2) is 9.72. The lowest BCUT2D eigenvalue weighted by Gasteiger charge is -2.29. The molecule has 2 N–H and O–H groups in total. The number of hydrogen-bond donors (Lipinski definition) is 2. The predicted molar refractivity (Wildman–Crippen MR) is 122 cm³/mol. The van der Waals surface area contributed by atoms with Gasteiger partial charge in [0.1, 0.15) is 0 Å². The van der Waals surface area contributed by atoms with Crippen LogP contribution in [0.1, 0.15) is 48.0 Å². The second-order valence-corrected chi connectivity index (χ2v) is 8.43. The fourth-order valence-electron chi connectivity index (χ4n) is 4.32. The Kier molecular flexibility index (Phi) is 6.76. The van der Waals surface area contributed by atoms with E-state index in [2.05, 4.69) is 15.5 Å². The molecule has 0 aromatic heterocycles. The Morgan fingerprint density at radius 3 is 1.97 bits per heavy atom. The number of hydrogen-bond acceptors (Lipinski definition) is 3. The molecule has 0 aliphatic carbocycles. The Bertz CT molecular complexity index is 996. The first-order valence-electron chi connectivity index (χ1n) is 11.2. The Balaban J connectivity index is 1.50. The zero-order valence-electron chi connectivity index (χ0n) is 18.3. The number of anilines is 3. The van der Waals surface area contributed by atoms with Gasteiger partial charge in [-0.2, -0.15) is 13.2 Å². The number of likely N-dealkylation sites (tertiary alicyclic amines) is 1. The number of carbonyl (C=O) groups is 2. The normalized spacial score (nSPS) is 16.6. The lowest BCUT2D eigenvalue weighted by Crippen LogP contribution is -2.36. The number of rotatable bonds is 4. The van der Waals surface area contributed by atoms with Crippen LogP contribution >= 0.6 is 0 Å². The number of amides is 3. The Morgan fingerprint density at radius 2 is 1.33 bits per heavy atom. The molecule has 2 fully saturated rings. The standard InChI is InChI=1S/C24H27F3N4O2/c25-24(26,27)17-6-8-18(9-7-17)28-23(33)29-19-10-11-21(30-12-4-5-13-30)20(16-19)22(32)31-14-2-1-3-15-31/h6-11,16H,1-5,12-15H2,(H2,28,29,33). The fraction of sp³-hybridized carbons (Fsp3) is 0.417. The molecule has 0 saturated carbocycles. The van der Waals surface area contributed by atoms with Crippen LogP contribution in [0.5, 0.6) is 0 Å². The number of urea groups is 1. The maximum atomic E-state index is 13.3. The van der Waals surface area contributed by atoms with Gasteiger partial charge in [-0.25, -0.2) is 4.79 Å². The highest BCUT2D eigenvalue weighted by Crippen LogP contribution is 2.31. The van der Waals surface area contributed by atoms with E-state index in [1.165, 1.54) is 12.1 Å². The van der Waals surface area contributed by atoms with E-state index in [1.54, 1.807) is 12.1 Å². The lowest BCUT2D eigenvalue weighted by molar-refractivity contribution is -0.137. The van der Waals surface area contributed by atoms with Crippen molar-refractivity contribution in [3.63, 3.8) is 0 Å². The molecule has 9 heteroatoms. The first-order valence-corrected chi connectivity index (χ1v) is 11.2. The molecule has 176 valence electrons. The molecule has 2 heterocycles. The van der Waals surface area contributed by atoms with Crippen molar-refractivity contribution in [3.8, 4) is 0 Å². The molecule has 0 atom stereocenters. The molecule has 4 rings (SSSR count).